The summed E-state index contributed by atoms with van der Waals surface area (Å²) in [5.41, 5.74) is 0. The van der Waals surface area contributed by atoms with Crippen LogP contribution in [0.15, 0.2) is 0 Å². The molecule has 0 bridgehead atoms. The number of aliphatic hydroxyl groups is 1. The van der Waals surface area contributed by atoms with Crippen molar-refractivity contribution in [3.8, 4) is 0 Å². The molecule has 0 heterocycles. The van der Waals surface area contributed by atoms with Crippen LogP contribution in [0.5, 0.6) is 0 Å². The van der Waals surface area contributed by atoms with Crippen molar-refractivity contribution in [2.75, 3.05) is 0 Å². The van der Waals surface area contributed by atoms with E-state index in [4.69, 9.17) is 10.2 Å². The third-order valence-corrected chi connectivity index (χ3v) is 0.357. The van der Waals surface area contributed by atoms with Gasteiger partial charge in [0.25, 0.3) is 0 Å². The average Bonchev–Trinajstić information content (AvgIpc) is 1.68. The monoisotopic (exact) mass is 167 g/mol. The molecule has 0 spiro atoms. The zero-order valence-corrected chi connectivity index (χ0v) is 7.15. The third-order valence-electron chi connectivity index (χ3n) is 0.357. The van der Waals surface area contributed by atoms with Crippen LogP contribution in [0.4, 0.5) is 0 Å². The molecule has 0 aromatic rings. The maximum absolute atomic E-state index is 9.45. The molecule has 0 aliphatic heterocycles. The van der Waals surface area contributed by atoms with E-state index in [0.717, 1.165) is 0 Å². The van der Waals surface area contributed by atoms with Crippen LogP contribution in [0.25, 0.3) is 0 Å². The first kappa shape index (κ1) is 11.9. The minimum absolute atomic E-state index is 1.19. The van der Waals surface area contributed by atoms with Gasteiger partial charge < -0.3 is 10.2 Å². The van der Waals surface area contributed by atoms with Gasteiger partial charge in [-0.1, -0.05) is 0 Å². The van der Waals surface area contributed by atoms with Gasteiger partial charge in [0.05, 0.1) is 0 Å². The summed E-state index contributed by atoms with van der Waals surface area (Å²) < 4.78 is 1.25. The Morgan fingerprint density at radius 1 is 1.78 bits per heavy atom. The van der Waals surface area contributed by atoms with Gasteiger partial charge in [0.15, 0.2) is 0 Å². The fourth-order valence-corrected chi connectivity index (χ4v) is 0. The molecule has 0 aliphatic carbocycles. The second-order valence-corrected chi connectivity index (χ2v) is 2.47. The molecule has 4 heteroatoms. The Balaban J connectivity index is 0. The maximum atomic E-state index is 9.45. The van der Waals surface area contributed by atoms with Crippen LogP contribution in [-0.4, -0.2) is 22.3 Å². The molecule has 0 rings (SSSR count). The SMILES string of the molecule is CC(O)C(=O)O.C[CH2][Ti]. The van der Waals surface area contributed by atoms with Crippen molar-refractivity contribution in [2.24, 2.45) is 0 Å². The molecule has 0 saturated carbocycles. The van der Waals surface area contributed by atoms with Gasteiger partial charge in [-0.3, -0.25) is 0 Å². The average molecular weight is 167 g/mol. The van der Waals surface area contributed by atoms with Gasteiger partial charge in [-0.2, -0.15) is 0 Å². The zero-order valence-electron chi connectivity index (χ0n) is 5.59. The van der Waals surface area contributed by atoms with E-state index in [1.54, 1.807) is 0 Å². The van der Waals surface area contributed by atoms with Gasteiger partial charge in [0.2, 0.25) is 0 Å². The predicted molar refractivity (Wildman–Crippen MR) is 29.8 cm³/mol. The van der Waals surface area contributed by atoms with Crippen LogP contribution in [-0.2, 0) is 25.2 Å². The molecular formula is C5H11O3Ti. The van der Waals surface area contributed by atoms with E-state index in [1.807, 2.05) is 0 Å². The van der Waals surface area contributed by atoms with Gasteiger partial charge in [0.1, 0.15) is 6.10 Å². The Morgan fingerprint density at radius 2 is 1.89 bits per heavy atom. The molecule has 1 atom stereocenters. The number of hydrogen-bond acceptors (Lipinski definition) is 2. The van der Waals surface area contributed by atoms with Crippen molar-refractivity contribution in [1.82, 2.24) is 0 Å². The quantitative estimate of drug-likeness (QED) is 0.556. The van der Waals surface area contributed by atoms with Crippen molar-refractivity contribution < 1.29 is 35.4 Å². The fourth-order valence-electron chi connectivity index (χ4n) is 0. The Bertz CT molecular complexity index is 72.6. The molecular weight excluding hydrogens is 156 g/mol. The number of carboxylic acid groups (broad SMARTS) is 1. The van der Waals surface area contributed by atoms with Gasteiger partial charge in [-0.25, -0.2) is 4.79 Å². The summed E-state index contributed by atoms with van der Waals surface area (Å²) in [6, 6.07) is 0. The van der Waals surface area contributed by atoms with E-state index in [9.17, 15) is 4.79 Å². The van der Waals surface area contributed by atoms with Crippen LogP contribution < -0.4 is 0 Å². The summed E-state index contributed by atoms with van der Waals surface area (Å²) >= 11 is 2.12. The molecule has 0 saturated heterocycles. The van der Waals surface area contributed by atoms with Crippen molar-refractivity contribution in [3.63, 3.8) is 0 Å². The van der Waals surface area contributed by atoms with Crippen molar-refractivity contribution in [3.05, 3.63) is 0 Å². The summed E-state index contributed by atoms with van der Waals surface area (Å²) in [7, 11) is 0. The molecule has 1 unspecified atom stereocenters. The molecule has 0 radical (unpaired) electrons. The van der Waals surface area contributed by atoms with Crippen LogP contribution in [0.3, 0.4) is 0 Å². The number of hydrogen-bond donors (Lipinski definition) is 2. The second kappa shape index (κ2) is 8.14. The molecule has 0 aromatic heterocycles. The Hall–Kier alpha value is 0.144. The summed E-state index contributed by atoms with van der Waals surface area (Å²) in [5.74, 6) is -1.19. The first-order valence-electron chi connectivity index (χ1n) is 2.61. The number of aliphatic hydroxyl groups excluding tert-OH is 1. The Labute approximate surface area is 66.5 Å². The molecule has 2 N–H and O–H groups in total. The van der Waals surface area contributed by atoms with E-state index >= 15 is 0 Å². The fraction of sp³-hybridized carbons (Fsp3) is 0.800. The molecule has 3 nitrogen and oxygen atoms in total. The third kappa shape index (κ3) is 17.9. The minimum atomic E-state index is -1.23. The van der Waals surface area contributed by atoms with Crippen LogP contribution in [0.1, 0.15) is 13.8 Å². The van der Waals surface area contributed by atoms with Gasteiger partial charge in [0, 0.05) is 0 Å². The molecule has 0 amide bonds. The Morgan fingerprint density at radius 3 is 1.89 bits per heavy atom. The van der Waals surface area contributed by atoms with E-state index < -0.39 is 12.1 Å². The predicted octanol–water partition coefficient (Wildman–Crippen LogP) is 0.423. The number of aliphatic carboxylic acids is 1. The first-order chi connectivity index (χ1) is 4.06. The first-order valence-corrected chi connectivity index (χ1v) is 3.72. The zero-order chi connectivity index (χ0) is 7.86. The summed E-state index contributed by atoms with van der Waals surface area (Å²) in [5, 5.41) is 15.8. The number of carbonyl (C=O) groups is 1. The molecule has 0 fully saturated rings. The molecule has 53 valence electrons. The summed E-state index contributed by atoms with van der Waals surface area (Å²) in [6.07, 6.45) is -1.23. The van der Waals surface area contributed by atoms with Gasteiger partial charge in [-0.15, -0.1) is 0 Å². The number of rotatable bonds is 1. The van der Waals surface area contributed by atoms with Crippen molar-refractivity contribution >= 4 is 5.97 Å². The van der Waals surface area contributed by atoms with Crippen molar-refractivity contribution in [1.29, 1.82) is 0 Å². The number of carboxylic acids is 1. The Kier molecular flexibility index (Phi) is 10.8. The normalized spacial score (nSPS) is 10.9. The van der Waals surface area contributed by atoms with Crippen LogP contribution >= 0.6 is 0 Å². The molecule has 0 aromatic carbocycles. The van der Waals surface area contributed by atoms with E-state index in [2.05, 4.69) is 27.4 Å². The van der Waals surface area contributed by atoms with Crippen molar-refractivity contribution in [2.45, 2.75) is 24.7 Å². The summed E-state index contributed by atoms with van der Waals surface area (Å²) in [4.78, 5) is 9.45. The van der Waals surface area contributed by atoms with E-state index in [1.165, 1.54) is 11.6 Å². The van der Waals surface area contributed by atoms with Gasteiger partial charge >= 0.3 is 38.1 Å². The van der Waals surface area contributed by atoms with E-state index in [0.29, 0.717) is 0 Å². The van der Waals surface area contributed by atoms with E-state index in [-0.39, 0.29) is 0 Å². The van der Waals surface area contributed by atoms with Crippen LogP contribution in [0, 0.1) is 0 Å². The standard InChI is InChI=1S/C3H6O3.C2H5.Ti/c1-2(4)3(5)6;1-2;/h2,4H,1H3,(H,5,6);1H2,2H3;. The van der Waals surface area contributed by atoms with Crippen LogP contribution in [0.2, 0.25) is 4.73 Å². The molecule has 9 heavy (non-hydrogen) atoms. The van der Waals surface area contributed by atoms with Gasteiger partial charge in [-0.05, 0) is 6.92 Å². The topological polar surface area (TPSA) is 57.5 Å². The molecule has 0 aliphatic rings. The second-order valence-electron chi connectivity index (χ2n) is 1.37. The summed E-state index contributed by atoms with van der Waals surface area (Å²) in [6.45, 7) is 3.32.